The molecule has 1 saturated heterocycles. The predicted molar refractivity (Wildman–Crippen MR) is 204 cm³/mol. The zero-order valence-corrected chi connectivity index (χ0v) is 32.4. The Morgan fingerprint density at radius 2 is 1.11 bits per heavy atom. The number of benzene rings is 3. The van der Waals surface area contributed by atoms with E-state index in [0.29, 0.717) is 11.6 Å². The fraction of sp³-hybridized carbons (Fsp3) is 0.571. The minimum absolute atomic E-state index is 0.369. The molecule has 1 aliphatic heterocycles. The van der Waals surface area contributed by atoms with Gasteiger partial charge in [-0.1, -0.05) is 119 Å². The first-order chi connectivity index (χ1) is 21.4. The molecule has 0 amide bonds. The van der Waals surface area contributed by atoms with Gasteiger partial charge in [-0.2, -0.15) is 0 Å². The topological polar surface area (TPSA) is 9.72 Å². The highest BCUT2D eigenvalue weighted by Crippen LogP contribution is 2.49. The summed E-state index contributed by atoms with van der Waals surface area (Å²) in [6.45, 7) is 25.1. The smallest absolute Gasteiger partial charge is 0.0456 e. The average Bonchev–Trinajstić information content (AvgIpc) is 3.74. The highest BCUT2D eigenvalue weighted by atomic mass is 15.2. The quantitative estimate of drug-likeness (QED) is 0.282. The monoisotopic (exact) mass is 618 g/mol. The summed E-state index contributed by atoms with van der Waals surface area (Å²) in [5.41, 5.74) is 11.7. The molecule has 1 heterocycles. The highest BCUT2D eigenvalue weighted by molar-refractivity contribution is 5.37. The first-order valence-electron chi connectivity index (χ1n) is 17.7. The molecule has 1 aliphatic carbocycles. The van der Waals surface area contributed by atoms with Gasteiger partial charge in [0.2, 0.25) is 0 Å². The van der Waals surface area contributed by atoms with Gasteiger partial charge in [-0.05, 0) is 130 Å². The molecule has 0 bridgehead atoms. The Morgan fingerprint density at radius 3 is 1.47 bits per heavy atom. The summed E-state index contributed by atoms with van der Waals surface area (Å²) in [5.74, 6) is 0. The van der Waals surface area contributed by atoms with Crippen molar-refractivity contribution in [2.45, 2.75) is 120 Å². The minimum Gasteiger partial charge on any atom is -0.305 e. The summed E-state index contributed by atoms with van der Waals surface area (Å²) in [7, 11) is 10.8. The van der Waals surface area contributed by atoms with Crippen LogP contribution in [0.25, 0.3) is 0 Å². The van der Waals surface area contributed by atoms with Crippen molar-refractivity contribution in [1.29, 1.82) is 0 Å². The lowest BCUT2D eigenvalue weighted by molar-refractivity contribution is 0.275. The molecular weight excluding hydrogens is 546 g/mol. The number of hydrogen-bond acceptors (Lipinski definition) is 3. The highest BCUT2D eigenvalue weighted by Gasteiger charge is 2.46. The molecular formula is C42H71N3. The Labute approximate surface area is 281 Å². The first-order valence-corrected chi connectivity index (χ1v) is 17.7. The summed E-state index contributed by atoms with van der Waals surface area (Å²) < 4.78 is 0. The van der Waals surface area contributed by atoms with E-state index in [1.807, 2.05) is 41.5 Å². The van der Waals surface area contributed by atoms with E-state index in [1.165, 1.54) is 76.7 Å². The SMILES string of the molecule is CC.CC.CC.Cc1cc(C)c(CN(C)C)c(C)c1.Cc1ccc(C2(N(C)C)CC2)cc1.Cc1ccc(C2CCCN2C)cc1. The zero-order valence-electron chi connectivity index (χ0n) is 32.4. The normalized spacial score (nSPS) is 15.9. The lowest BCUT2D eigenvalue weighted by Crippen LogP contribution is -2.27. The number of hydrogen-bond donors (Lipinski definition) is 0. The molecule has 1 atom stereocenters. The Balaban J connectivity index is 0.000000594. The van der Waals surface area contributed by atoms with E-state index in [0.717, 1.165) is 6.54 Å². The third-order valence-corrected chi connectivity index (χ3v) is 8.47. The van der Waals surface area contributed by atoms with Crippen molar-refractivity contribution in [2.75, 3.05) is 41.8 Å². The van der Waals surface area contributed by atoms with Crippen molar-refractivity contribution in [1.82, 2.24) is 14.7 Å². The fourth-order valence-corrected chi connectivity index (χ4v) is 5.87. The lowest BCUT2D eigenvalue weighted by atomic mass is 10.00. The second kappa shape index (κ2) is 22.1. The van der Waals surface area contributed by atoms with Gasteiger partial charge in [0.15, 0.2) is 0 Å². The van der Waals surface area contributed by atoms with Gasteiger partial charge in [-0.15, -0.1) is 0 Å². The standard InChI is InChI=1S/2C12H17N.C12H19N.3C2H6/c1-10-4-6-11(7-5-10)12(8-9-12)13(2)3;1-10-5-7-11(8-6-10)12-4-3-9-13(12)2;1-9-6-10(2)12(8-13(4)5)11(3)7-9;3*1-2/h4-7H,8-9H2,1-3H3;5-8,12H,3-4,9H2,1-2H3;6-7H,8H2,1-5H3;3*1-2H3. The van der Waals surface area contributed by atoms with Crippen LogP contribution >= 0.6 is 0 Å². The summed E-state index contributed by atoms with van der Waals surface area (Å²) in [6.07, 6.45) is 5.28. The van der Waals surface area contributed by atoms with Crippen LogP contribution in [0.3, 0.4) is 0 Å². The Morgan fingerprint density at radius 1 is 0.667 bits per heavy atom. The van der Waals surface area contributed by atoms with Gasteiger partial charge in [0.25, 0.3) is 0 Å². The van der Waals surface area contributed by atoms with Crippen LogP contribution in [0.1, 0.15) is 118 Å². The summed E-state index contributed by atoms with van der Waals surface area (Å²) in [5, 5.41) is 0. The van der Waals surface area contributed by atoms with Gasteiger partial charge in [0, 0.05) is 18.1 Å². The molecule has 3 nitrogen and oxygen atoms in total. The van der Waals surface area contributed by atoms with Gasteiger partial charge in [-0.25, -0.2) is 0 Å². The van der Waals surface area contributed by atoms with Gasteiger partial charge < -0.3 is 4.90 Å². The fourth-order valence-electron chi connectivity index (χ4n) is 5.87. The molecule has 2 fully saturated rings. The van der Waals surface area contributed by atoms with E-state index in [9.17, 15) is 0 Å². The van der Waals surface area contributed by atoms with Crippen molar-refractivity contribution < 1.29 is 0 Å². The number of likely N-dealkylation sites (tertiary alicyclic amines) is 1. The van der Waals surface area contributed by atoms with Crippen molar-refractivity contribution in [3.63, 3.8) is 0 Å². The molecule has 1 unspecified atom stereocenters. The maximum absolute atomic E-state index is 2.45. The second-order valence-electron chi connectivity index (χ2n) is 12.5. The molecule has 3 heteroatoms. The summed E-state index contributed by atoms with van der Waals surface area (Å²) in [6, 6.07) is 23.1. The van der Waals surface area contributed by atoms with Gasteiger partial charge in [0.1, 0.15) is 0 Å². The van der Waals surface area contributed by atoms with E-state index in [2.05, 4.69) is 145 Å². The Kier molecular flexibility index (Phi) is 20.9. The van der Waals surface area contributed by atoms with Crippen LogP contribution < -0.4 is 0 Å². The maximum atomic E-state index is 2.45. The molecule has 3 aromatic rings. The number of nitrogens with zero attached hydrogens (tertiary/aromatic N) is 3. The van der Waals surface area contributed by atoms with Crippen LogP contribution in [0, 0.1) is 34.6 Å². The Bertz CT molecular complexity index is 1150. The van der Waals surface area contributed by atoms with E-state index < -0.39 is 0 Å². The number of rotatable bonds is 5. The largest absolute Gasteiger partial charge is 0.305 e. The Hall–Kier alpha value is -2.46. The van der Waals surface area contributed by atoms with Crippen molar-refractivity contribution in [2.24, 2.45) is 0 Å². The third kappa shape index (κ3) is 13.8. The summed E-state index contributed by atoms with van der Waals surface area (Å²) >= 11 is 0. The van der Waals surface area contributed by atoms with Crippen molar-refractivity contribution in [3.8, 4) is 0 Å². The molecule has 3 aromatic carbocycles. The van der Waals surface area contributed by atoms with Crippen LogP contribution in [0.4, 0.5) is 0 Å². The van der Waals surface area contributed by atoms with E-state index in [4.69, 9.17) is 0 Å². The van der Waals surface area contributed by atoms with E-state index >= 15 is 0 Å². The molecule has 2 aliphatic rings. The molecule has 0 radical (unpaired) electrons. The minimum atomic E-state index is 0.369. The van der Waals surface area contributed by atoms with E-state index in [-0.39, 0.29) is 0 Å². The van der Waals surface area contributed by atoms with Crippen LogP contribution in [0.5, 0.6) is 0 Å². The predicted octanol–water partition coefficient (Wildman–Crippen LogP) is 11.1. The number of aryl methyl sites for hydroxylation is 5. The molecule has 0 aromatic heterocycles. The van der Waals surface area contributed by atoms with Gasteiger partial charge in [-0.3, -0.25) is 9.80 Å². The van der Waals surface area contributed by atoms with Crippen molar-refractivity contribution >= 4 is 0 Å². The summed E-state index contributed by atoms with van der Waals surface area (Å²) in [4.78, 5) is 7.01. The van der Waals surface area contributed by atoms with Crippen LogP contribution in [-0.4, -0.2) is 56.5 Å². The lowest BCUT2D eigenvalue weighted by Gasteiger charge is -2.24. The molecule has 254 valence electrons. The van der Waals surface area contributed by atoms with Crippen LogP contribution in [-0.2, 0) is 12.1 Å². The molecule has 0 spiro atoms. The van der Waals surface area contributed by atoms with E-state index in [1.54, 1.807) is 0 Å². The van der Waals surface area contributed by atoms with Gasteiger partial charge >= 0.3 is 0 Å². The first kappa shape index (κ1) is 42.5. The maximum Gasteiger partial charge on any atom is 0.0456 e. The molecule has 0 N–H and O–H groups in total. The average molecular weight is 618 g/mol. The molecule has 1 saturated carbocycles. The van der Waals surface area contributed by atoms with Crippen LogP contribution in [0.2, 0.25) is 0 Å². The third-order valence-electron chi connectivity index (χ3n) is 8.47. The van der Waals surface area contributed by atoms with Crippen LogP contribution in [0.15, 0.2) is 60.7 Å². The molecule has 5 rings (SSSR count). The van der Waals surface area contributed by atoms with Gasteiger partial charge in [0.05, 0.1) is 0 Å². The van der Waals surface area contributed by atoms with Crippen molar-refractivity contribution in [3.05, 3.63) is 105 Å². The second-order valence-corrected chi connectivity index (χ2v) is 12.5. The zero-order chi connectivity index (χ0) is 34.7. The molecule has 45 heavy (non-hydrogen) atoms.